The summed E-state index contributed by atoms with van der Waals surface area (Å²) in [5.74, 6) is 0. The van der Waals surface area contributed by atoms with E-state index in [0.29, 0.717) is 23.4 Å². The predicted molar refractivity (Wildman–Crippen MR) is 87.4 cm³/mol. The molecule has 0 aliphatic carbocycles. The quantitative estimate of drug-likeness (QED) is 0.579. The Labute approximate surface area is 128 Å². The number of rotatable bonds is 5. The number of hydrogen-bond donors (Lipinski definition) is 0. The molecule has 0 aliphatic heterocycles. The van der Waals surface area contributed by atoms with Crippen LogP contribution in [0.5, 0.6) is 0 Å². The summed E-state index contributed by atoms with van der Waals surface area (Å²) < 4.78 is 0. The van der Waals surface area contributed by atoms with Crippen molar-refractivity contribution < 1.29 is 0 Å². The summed E-state index contributed by atoms with van der Waals surface area (Å²) in [6.45, 7) is 1.02. The molecule has 0 spiro atoms. The van der Waals surface area contributed by atoms with Gasteiger partial charge in [0, 0.05) is 11.1 Å². The predicted octanol–water partition coefficient (Wildman–Crippen LogP) is 4.36. The number of nitrogens with zero attached hydrogens (tertiary/aromatic N) is 2. The largest absolute Gasteiger partial charge is 0.271 e. The third-order valence-electron chi connectivity index (χ3n) is 2.63. The highest BCUT2D eigenvalue weighted by Crippen LogP contribution is 2.06. The first-order valence-corrected chi connectivity index (χ1v) is 7.03. The third-order valence-corrected chi connectivity index (χ3v) is 3.30. The summed E-state index contributed by atoms with van der Waals surface area (Å²) >= 11 is 12.2. The molecule has 0 amide bonds. The van der Waals surface area contributed by atoms with Crippen molar-refractivity contribution in [3.05, 3.63) is 71.8 Å². The zero-order chi connectivity index (χ0) is 14.2. The van der Waals surface area contributed by atoms with Gasteiger partial charge >= 0.3 is 0 Å². The van der Waals surface area contributed by atoms with Crippen LogP contribution < -0.4 is 0 Å². The lowest BCUT2D eigenvalue weighted by molar-refractivity contribution is 0.982. The van der Waals surface area contributed by atoms with Gasteiger partial charge in [0.15, 0.2) is 0 Å². The number of benzene rings is 2. The maximum Gasteiger partial charge on any atom is 0.130 e. The zero-order valence-electron chi connectivity index (χ0n) is 10.8. The van der Waals surface area contributed by atoms with Crippen molar-refractivity contribution in [2.45, 2.75) is 0 Å². The molecule has 0 unspecified atom stereocenters. The Balaban J connectivity index is 1.90. The summed E-state index contributed by atoms with van der Waals surface area (Å²) in [4.78, 5) is 8.55. The molecule has 0 saturated carbocycles. The molecule has 0 aliphatic rings. The lowest BCUT2D eigenvalue weighted by atomic mass is 10.2. The Hall–Kier alpha value is -1.64. The molecule has 2 aromatic carbocycles. The standard InChI is InChI=1S/C16H14Cl2N2/c17-15(13-7-3-1-4-8-13)19-11-12-20-16(18)14-9-5-2-6-10-14/h1-10H,11-12H2. The highest BCUT2D eigenvalue weighted by atomic mass is 35.5. The number of hydrogen-bond acceptors (Lipinski definition) is 2. The van der Waals surface area contributed by atoms with Crippen molar-refractivity contribution in [3.63, 3.8) is 0 Å². The maximum absolute atomic E-state index is 6.11. The molecule has 2 nitrogen and oxygen atoms in total. The Kier molecular flexibility index (Phi) is 5.78. The molecule has 2 aromatic rings. The molecule has 102 valence electrons. The van der Waals surface area contributed by atoms with Crippen LogP contribution >= 0.6 is 23.2 Å². The minimum atomic E-state index is 0.497. The Morgan fingerprint density at radius 2 is 1.00 bits per heavy atom. The molecule has 0 atom stereocenters. The van der Waals surface area contributed by atoms with Crippen LogP contribution in [0.2, 0.25) is 0 Å². The average molecular weight is 305 g/mol. The second-order valence-electron chi connectivity index (χ2n) is 4.08. The lowest BCUT2D eigenvalue weighted by Gasteiger charge is -1.99. The summed E-state index contributed by atoms with van der Waals surface area (Å²) in [7, 11) is 0. The van der Waals surface area contributed by atoms with Crippen LogP contribution in [-0.2, 0) is 0 Å². The fraction of sp³-hybridized carbons (Fsp3) is 0.125. The van der Waals surface area contributed by atoms with Gasteiger partial charge in [-0.1, -0.05) is 83.9 Å². The van der Waals surface area contributed by atoms with Crippen LogP contribution in [-0.4, -0.2) is 23.4 Å². The molecule has 4 heteroatoms. The van der Waals surface area contributed by atoms with Gasteiger partial charge in [0.05, 0.1) is 13.1 Å². The van der Waals surface area contributed by atoms with Gasteiger partial charge in [0.1, 0.15) is 10.3 Å². The van der Waals surface area contributed by atoms with E-state index >= 15 is 0 Å². The first kappa shape index (κ1) is 14.8. The molecule has 0 heterocycles. The van der Waals surface area contributed by atoms with Crippen LogP contribution in [0.3, 0.4) is 0 Å². The van der Waals surface area contributed by atoms with Crippen molar-refractivity contribution >= 4 is 33.5 Å². The van der Waals surface area contributed by atoms with E-state index in [4.69, 9.17) is 23.2 Å². The first-order valence-electron chi connectivity index (χ1n) is 6.28. The average Bonchev–Trinajstić information content (AvgIpc) is 2.53. The van der Waals surface area contributed by atoms with Gasteiger partial charge in [-0.25, -0.2) is 0 Å². The SMILES string of the molecule is ClC(=NCCN=C(Cl)c1ccccc1)c1ccccc1. The molecule has 0 radical (unpaired) electrons. The second kappa shape index (κ2) is 7.83. The van der Waals surface area contributed by atoms with Gasteiger partial charge in [0.25, 0.3) is 0 Å². The minimum Gasteiger partial charge on any atom is -0.271 e. The van der Waals surface area contributed by atoms with Crippen LogP contribution in [0, 0.1) is 0 Å². The highest BCUT2D eigenvalue weighted by Gasteiger charge is 1.99. The van der Waals surface area contributed by atoms with Gasteiger partial charge < -0.3 is 0 Å². The van der Waals surface area contributed by atoms with Crippen LogP contribution in [0.25, 0.3) is 0 Å². The third kappa shape index (κ3) is 4.48. The lowest BCUT2D eigenvalue weighted by Crippen LogP contribution is -1.98. The van der Waals surface area contributed by atoms with Gasteiger partial charge in [-0.2, -0.15) is 0 Å². The fourth-order valence-electron chi connectivity index (χ4n) is 1.63. The smallest absolute Gasteiger partial charge is 0.130 e. The number of aliphatic imine (C=N–C) groups is 2. The summed E-state index contributed by atoms with van der Waals surface area (Å²) in [6.07, 6.45) is 0. The van der Waals surface area contributed by atoms with E-state index in [-0.39, 0.29) is 0 Å². The topological polar surface area (TPSA) is 24.7 Å². The van der Waals surface area contributed by atoms with E-state index in [0.717, 1.165) is 11.1 Å². The van der Waals surface area contributed by atoms with Crippen LogP contribution in [0.15, 0.2) is 70.6 Å². The Morgan fingerprint density at radius 1 is 0.650 bits per heavy atom. The molecule has 2 rings (SSSR count). The molecule has 0 fully saturated rings. The zero-order valence-corrected chi connectivity index (χ0v) is 12.3. The molecule has 0 bridgehead atoms. The number of halogens is 2. The Morgan fingerprint density at radius 3 is 1.35 bits per heavy atom. The van der Waals surface area contributed by atoms with E-state index in [1.54, 1.807) is 0 Å². The molecule has 0 saturated heterocycles. The van der Waals surface area contributed by atoms with Gasteiger partial charge in [0.2, 0.25) is 0 Å². The van der Waals surface area contributed by atoms with Crippen LogP contribution in [0.1, 0.15) is 11.1 Å². The minimum absolute atomic E-state index is 0.497. The monoisotopic (exact) mass is 304 g/mol. The van der Waals surface area contributed by atoms with Gasteiger partial charge in [-0.3, -0.25) is 9.98 Å². The van der Waals surface area contributed by atoms with Crippen molar-refractivity contribution in [2.75, 3.05) is 13.1 Å². The van der Waals surface area contributed by atoms with E-state index < -0.39 is 0 Å². The fourth-order valence-corrected chi connectivity index (χ4v) is 2.05. The molecule has 0 aromatic heterocycles. The van der Waals surface area contributed by atoms with Gasteiger partial charge in [-0.15, -0.1) is 0 Å². The normalized spacial score (nSPS) is 12.5. The summed E-state index contributed by atoms with van der Waals surface area (Å²) in [5, 5.41) is 0.994. The molecule has 0 N–H and O–H groups in total. The van der Waals surface area contributed by atoms with Crippen molar-refractivity contribution in [1.29, 1.82) is 0 Å². The molecule has 20 heavy (non-hydrogen) atoms. The highest BCUT2D eigenvalue weighted by molar-refractivity contribution is 6.70. The molecular weight excluding hydrogens is 291 g/mol. The molecular formula is C16H14Cl2N2. The van der Waals surface area contributed by atoms with Crippen molar-refractivity contribution in [3.8, 4) is 0 Å². The summed E-state index contributed by atoms with van der Waals surface area (Å²) in [6, 6.07) is 19.3. The van der Waals surface area contributed by atoms with E-state index in [2.05, 4.69) is 9.98 Å². The van der Waals surface area contributed by atoms with E-state index in [1.807, 2.05) is 60.7 Å². The van der Waals surface area contributed by atoms with Crippen LogP contribution in [0.4, 0.5) is 0 Å². The van der Waals surface area contributed by atoms with Crippen molar-refractivity contribution in [2.24, 2.45) is 9.98 Å². The second-order valence-corrected chi connectivity index (χ2v) is 4.79. The summed E-state index contributed by atoms with van der Waals surface area (Å²) in [5.41, 5.74) is 1.82. The first-order chi connectivity index (χ1) is 9.77. The van der Waals surface area contributed by atoms with Gasteiger partial charge in [-0.05, 0) is 0 Å². The van der Waals surface area contributed by atoms with E-state index in [9.17, 15) is 0 Å². The Bertz CT molecular complexity index is 537. The maximum atomic E-state index is 6.11. The van der Waals surface area contributed by atoms with E-state index in [1.165, 1.54) is 0 Å². The van der Waals surface area contributed by atoms with Crippen molar-refractivity contribution in [1.82, 2.24) is 0 Å².